The van der Waals surface area contributed by atoms with Gasteiger partial charge >= 0.3 is 0 Å². The van der Waals surface area contributed by atoms with E-state index >= 15 is 0 Å². The summed E-state index contributed by atoms with van der Waals surface area (Å²) in [5, 5.41) is 13.2. The number of hydrogen-bond donors (Lipinski definition) is 2. The molecule has 0 radical (unpaired) electrons. The topological polar surface area (TPSA) is 41.5 Å². The molecule has 112 valence electrons. The third-order valence-electron chi connectivity index (χ3n) is 4.03. The normalized spacial score (nSPS) is 19.1. The summed E-state index contributed by atoms with van der Waals surface area (Å²) in [7, 11) is 0. The Balaban J connectivity index is 1.57. The largest absolute Gasteiger partial charge is 0.389 e. The molecular formula is C17H27NO2. The van der Waals surface area contributed by atoms with Gasteiger partial charge in [-0.05, 0) is 24.3 Å². The van der Waals surface area contributed by atoms with Crippen LogP contribution in [0.25, 0.3) is 0 Å². The highest BCUT2D eigenvalue weighted by Crippen LogP contribution is 2.20. The molecule has 20 heavy (non-hydrogen) atoms. The summed E-state index contributed by atoms with van der Waals surface area (Å²) in [6.07, 6.45) is 4.84. The van der Waals surface area contributed by atoms with E-state index in [1.807, 2.05) is 6.07 Å². The lowest BCUT2D eigenvalue weighted by molar-refractivity contribution is -0.00541. The van der Waals surface area contributed by atoms with Gasteiger partial charge in [-0.25, -0.2) is 0 Å². The van der Waals surface area contributed by atoms with E-state index in [4.69, 9.17) is 4.74 Å². The number of benzene rings is 1. The molecule has 1 fully saturated rings. The van der Waals surface area contributed by atoms with E-state index in [0.717, 1.165) is 19.4 Å². The first-order valence-electron chi connectivity index (χ1n) is 7.81. The van der Waals surface area contributed by atoms with Crippen molar-refractivity contribution in [2.24, 2.45) is 0 Å². The lowest BCUT2D eigenvalue weighted by atomic mass is 10.0. The second-order valence-electron chi connectivity index (χ2n) is 5.86. The molecule has 1 aromatic rings. The maximum absolute atomic E-state index is 9.91. The lowest BCUT2D eigenvalue weighted by Crippen LogP contribution is -2.33. The predicted molar refractivity (Wildman–Crippen MR) is 81.9 cm³/mol. The summed E-state index contributed by atoms with van der Waals surface area (Å²) in [5.41, 5.74) is 1.33. The fourth-order valence-electron chi connectivity index (χ4n) is 2.73. The second kappa shape index (κ2) is 8.40. The van der Waals surface area contributed by atoms with Crippen molar-refractivity contribution in [2.75, 3.05) is 19.7 Å². The summed E-state index contributed by atoms with van der Waals surface area (Å²) in [6.45, 7) is 4.13. The molecule has 1 aliphatic carbocycles. The van der Waals surface area contributed by atoms with Crippen LogP contribution in [0.15, 0.2) is 30.3 Å². The summed E-state index contributed by atoms with van der Waals surface area (Å²) < 4.78 is 5.72. The Morgan fingerprint density at radius 1 is 1.20 bits per heavy atom. The highest BCUT2D eigenvalue weighted by molar-refractivity contribution is 5.18. The van der Waals surface area contributed by atoms with Crippen LogP contribution in [0.5, 0.6) is 0 Å². The van der Waals surface area contributed by atoms with Crippen LogP contribution in [0.2, 0.25) is 0 Å². The molecule has 2 rings (SSSR count). The molecule has 0 amide bonds. The highest BCUT2D eigenvalue weighted by Gasteiger charge is 2.16. The van der Waals surface area contributed by atoms with E-state index in [-0.39, 0.29) is 0 Å². The molecular weight excluding hydrogens is 250 g/mol. The van der Waals surface area contributed by atoms with Gasteiger partial charge in [-0.1, -0.05) is 50.1 Å². The fourth-order valence-corrected chi connectivity index (χ4v) is 2.73. The van der Waals surface area contributed by atoms with E-state index in [1.54, 1.807) is 0 Å². The molecule has 0 saturated heterocycles. The number of nitrogens with one attached hydrogen (secondary N) is 1. The summed E-state index contributed by atoms with van der Waals surface area (Å²) in [5.74, 6) is 0.458. The number of ether oxygens (including phenoxy) is 1. The van der Waals surface area contributed by atoms with E-state index in [9.17, 15) is 5.11 Å². The molecule has 0 aromatic heterocycles. The predicted octanol–water partition coefficient (Wildman–Crippen LogP) is 2.70. The van der Waals surface area contributed by atoms with Crippen LogP contribution in [-0.2, 0) is 4.74 Å². The number of rotatable bonds is 8. The van der Waals surface area contributed by atoms with Crippen molar-refractivity contribution >= 4 is 0 Å². The smallest absolute Gasteiger partial charge is 0.0897 e. The molecule has 0 spiro atoms. The molecule has 3 nitrogen and oxygen atoms in total. The van der Waals surface area contributed by atoms with Gasteiger partial charge in [0.05, 0.1) is 18.8 Å². The quantitative estimate of drug-likeness (QED) is 0.767. The van der Waals surface area contributed by atoms with E-state index in [2.05, 4.69) is 36.5 Å². The van der Waals surface area contributed by atoms with Gasteiger partial charge in [-0.2, -0.15) is 0 Å². The minimum Gasteiger partial charge on any atom is -0.389 e. The van der Waals surface area contributed by atoms with Gasteiger partial charge in [0, 0.05) is 13.1 Å². The number of hydrogen-bond acceptors (Lipinski definition) is 3. The molecule has 1 saturated carbocycles. The maximum atomic E-state index is 9.91. The highest BCUT2D eigenvalue weighted by atomic mass is 16.5. The Bertz CT molecular complexity index is 363. The zero-order valence-electron chi connectivity index (χ0n) is 12.4. The molecule has 0 heterocycles. The SMILES string of the molecule is CC(CNCC(O)COC1CCCC1)c1ccccc1. The standard InChI is InChI=1S/C17H27NO2/c1-14(15-7-3-2-4-8-15)11-18-12-16(19)13-20-17-9-5-6-10-17/h2-4,7-8,14,16-19H,5-6,9-13H2,1H3. The van der Waals surface area contributed by atoms with Gasteiger partial charge in [-0.3, -0.25) is 0 Å². The van der Waals surface area contributed by atoms with Gasteiger partial charge in [0.1, 0.15) is 0 Å². The van der Waals surface area contributed by atoms with Gasteiger partial charge in [0.25, 0.3) is 0 Å². The fraction of sp³-hybridized carbons (Fsp3) is 0.647. The van der Waals surface area contributed by atoms with Crippen LogP contribution in [0.4, 0.5) is 0 Å². The summed E-state index contributed by atoms with van der Waals surface area (Å²) in [6, 6.07) is 10.5. The van der Waals surface area contributed by atoms with Crippen LogP contribution >= 0.6 is 0 Å². The van der Waals surface area contributed by atoms with Gasteiger partial charge < -0.3 is 15.2 Å². The first-order chi connectivity index (χ1) is 9.75. The van der Waals surface area contributed by atoms with Gasteiger partial charge in [0.2, 0.25) is 0 Å². The molecule has 1 aliphatic rings. The maximum Gasteiger partial charge on any atom is 0.0897 e. The summed E-state index contributed by atoms with van der Waals surface area (Å²) >= 11 is 0. The third-order valence-corrected chi connectivity index (χ3v) is 4.03. The second-order valence-corrected chi connectivity index (χ2v) is 5.86. The van der Waals surface area contributed by atoms with Crippen molar-refractivity contribution in [2.45, 2.75) is 50.7 Å². The van der Waals surface area contributed by atoms with Gasteiger partial charge in [0.15, 0.2) is 0 Å². The number of aliphatic hydroxyl groups excluding tert-OH is 1. The van der Waals surface area contributed by atoms with Gasteiger partial charge in [-0.15, -0.1) is 0 Å². The first kappa shape index (κ1) is 15.5. The van der Waals surface area contributed by atoms with Crippen LogP contribution < -0.4 is 5.32 Å². The monoisotopic (exact) mass is 277 g/mol. The minimum atomic E-state index is -0.404. The summed E-state index contributed by atoms with van der Waals surface area (Å²) in [4.78, 5) is 0. The number of aliphatic hydroxyl groups is 1. The molecule has 1 aromatic carbocycles. The van der Waals surface area contributed by atoms with Crippen molar-refractivity contribution in [1.82, 2.24) is 5.32 Å². The molecule has 2 unspecified atom stereocenters. The van der Waals surface area contributed by atoms with Crippen molar-refractivity contribution in [3.8, 4) is 0 Å². The Labute approximate surface area is 122 Å². The van der Waals surface area contributed by atoms with E-state index in [0.29, 0.717) is 25.2 Å². The van der Waals surface area contributed by atoms with Crippen molar-refractivity contribution < 1.29 is 9.84 Å². The Morgan fingerprint density at radius 2 is 1.90 bits per heavy atom. The van der Waals surface area contributed by atoms with Crippen molar-refractivity contribution in [3.63, 3.8) is 0 Å². The molecule has 0 aliphatic heterocycles. The van der Waals surface area contributed by atoms with E-state index < -0.39 is 6.10 Å². The van der Waals surface area contributed by atoms with Crippen LogP contribution in [0.3, 0.4) is 0 Å². The van der Waals surface area contributed by atoms with Crippen LogP contribution in [0.1, 0.15) is 44.1 Å². The molecule has 2 N–H and O–H groups in total. The average molecular weight is 277 g/mol. The molecule has 0 bridgehead atoms. The van der Waals surface area contributed by atoms with Crippen molar-refractivity contribution in [3.05, 3.63) is 35.9 Å². The lowest BCUT2D eigenvalue weighted by Gasteiger charge is -2.18. The Kier molecular flexibility index (Phi) is 6.51. The van der Waals surface area contributed by atoms with Crippen molar-refractivity contribution in [1.29, 1.82) is 0 Å². The zero-order chi connectivity index (χ0) is 14.2. The zero-order valence-corrected chi connectivity index (χ0v) is 12.4. The van der Waals surface area contributed by atoms with Crippen LogP contribution in [-0.4, -0.2) is 37.0 Å². The average Bonchev–Trinajstić information content (AvgIpc) is 2.99. The van der Waals surface area contributed by atoms with E-state index in [1.165, 1.54) is 18.4 Å². The van der Waals surface area contributed by atoms with Crippen LogP contribution in [0, 0.1) is 0 Å². The molecule has 3 heteroatoms. The third kappa shape index (κ3) is 5.23. The molecule has 2 atom stereocenters. The Hall–Kier alpha value is -0.900. The first-order valence-corrected chi connectivity index (χ1v) is 7.81. The Morgan fingerprint density at radius 3 is 2.60 bits per heavy atom. The minimum absolute atomic E-state index is 0.382.